The second-order valence-electron chi connectivity index (χ2n) is 5.03. The Labute approximate surface area is 158 Å². The summed E-state index contributed by atoms with van der Waals surface area (Å²) in [6, 6.07) is 13.0. The van der Waals surface area contributed by atoms with E-state index < -0.39 is 11.8 Å². The highest BCUT2D eigenvalue weighted by atomic mass is 35.5. The molecule has 0 bridgehead atoms. The van der Waals surface area contributed by atoms with Gasteiger partial charge in [0.25, 0.3) is 11.8 Å². The highest BCUT2D eigenvalue weighted by Crippen LogP contribution is 2.32. The van der Waals surface area contributed by atoms with E-state index in [1.807, 2.05) is 0 Å². The highest BCUT2D eigenvalue weighted by molar-refractivity contribution is 8.26. The van der Waals surface area contributed by atoms with Crippen LogP contribution in [0.2, 0.25) is 5.02 Å². The Hall–Kier alpha value is -2.35. The number of nitrogens with one attached hydrogen (secondary N) is 1. The van der Waals surface area contributed by atoms with Gasteiger partial charge >= 0.3 is 0 Å². The Morgan fingerprint density at radius 3 is 2.72 bits per heavy atom. The molecule has 0 atom stereocenters. The van der Waals surface area contributed by atoms with Gasteiger partial charge in [0.1, 0.15) is 5.75 Å². The molecule has 1 aliphatic rings. The molecule has 5 nitrogen and oxygen atoms in total. The van der Waals surface area contributed by atoms with Crippen LogP contribution in [-0.2, 0) is 4.79 Å². The standard InChI is InChI=1S/C17H11ClN2O3S2/c18-13-7-2-1-6-12(13)15(22)19-20-16(23)14(25-17(20)24)9-10-4-3-5-11(21)8-10/h1-9,21H,(H,19,22). The maximum Gasteiger partial charge on any atom is 0.285 e. The first-order chi connectivity index (χ1) is 12.0. The molecule has 25 heavy (non-hydrogen) atoms. The molecular formula is C17H11ClN2O3S2. The molecule has 0 unspecified atom stereocenters. The van der Waals surface area contributed by atoms with Crippen LogP contribution in [0.5, 0.6) is 5.75 Å². The molecule has 126 valence electrons. The predicted molar refractivity (Wildman–Crippen MR) is 102 cm³/mol. The van der Waals surface area contributed by atoms with Gasteiger partial charge in [-0.2, -0.15) is 5.01 Å². The average Bonchev–Trinajstić information content (AvgIpc) is 2.83. The van der Waals surface area contributed by atoms with Gasteiger partial charge in [-0.15, -0.1) is 0 Å². The number of nitrogens with zero attached hydrogens (tertiary/aromatic N) is 1. The number of carbonyl (C=O) groups excluding carboxylic acids is 2. The summed E-state index contributed by atoms with van der Waals surface area (Å²) >= 11 is 12.2. The second kappa shape index (κ2) is 7.26. The third-order valence-electron chi connectivity index (χ3n) is 3.29. The molecule has 1 fully saturated rings. The van der Waals surface area contributed by atoms with Crippen molar-refractivity contribution in [1.82, 2.24) is 10.4 Å². The van der Waals surface area contributed by atoms with Crippen LogP contribution in [0.4, 0.5) is 0 Å². The van der Waals surface area contributed by atoms with Gasteiger partial charge < -0.3 is 5.11 Å². The number of phenols is 1. The lowest BCUT2D eigenvalue weighted by atomic mass is 10.2. The normalized spacial score (nSPS) is 15.7. The maximum absolute atomic E-state index is 12.5. The summed E-state index contributed by atoms with van der Waals surface area (Å²) in [6.45, 7) is 0. The Kier molecular flexibility index (Phi) is 5.08. The van der Waals surface area contributed by atoms with Gasteiger partial charge in [-0.1, -0.05) is 47.6 Å². The zero-order valence-corrected chi connectivity index (χ0v) is 15.0. The Morgan fingerprint density at radius 1 is 1.24 bits per heavy atom. The molecule has 1 heterocycles. The van der Waals surface area contributed by atoms with Crippen LogP contribution in [0.3, 0.4) is 0 Å². The van der Waals surface area contributed by atoms with Gasteiger partial charge in [-0.05, 0) is 48.1 Å². The van der Waals surface area contributed by atoms with E-state index in [1.54, 1.807) is 42.5 Å². The van der Waals surface area contributed by atoms with E-state index in [9.17, 15) is 14.7 Å². The molecule has 0 aromatic heterocycles. The molecule has 2 amide bonds. The fourth-order valence-electron chi connectivity index (χ4n) is 2.14. The van der Waals surface area contributed by atoms with Crippen LogP contribution in [0.15, 0.2) is 53.4 Å². The van der Waals surface area contributed by atoms with E-state index in [0.717, 1.165) is 16.8 Å². The van der Waals surface area contributed by atoms with E-state index >= 15 is 0 Å². The molecular weight excluding hydrogens is 380 g/mol. The third-order valence-corrected chi connectivity index (χ3v) is 4.93. The van der Waals surface area contributed by atoms with Crippen LogP contribution in [0.1, 0.15) is 15.9 Å². The molecule has 2 aromatic rings. The van der Waals surface area contributed by atoms with Gasteiger partial charge in [0.15, 0.2) is 4.32 Å². The predicted octanol–water partition coefficient (Wildman–Crippen LogP) is 3.59. The molecule has 2 aromatic carbocycles. The number of aromatic hydroxyl groups is 1. The molecule has 1 aliphatic heterocycles. The monoisotopic (exact) mass is 390 g/mol. The third kappa shape index (κ3) is 3.84. The van der Waals surface area contributed by atoms with Crippen LogP contribution >= 0.6 is 35.6 Å². The minimum Gasteiger partial charge on any atom is -0.508 e. The van der Waals surface area contributed by atoms with E-state index in [1.165, 1.54) is 12.1 Å². The SMILES string of the molecule is O=C(NN1C(=O)C(=Cc2cccc(O)c2)SC1=S)c1ccccc1Cl. The number of hydrazine groups is 1. The van der Waals surface area contributed by atoms with Crippen molar-refractivity contribution in [3.05, 3.63) is 69.6 Å². The molecule has 0 saturated carbocycles. The van der Waals surface area contributed by atoms with Crippen molar-refractivity contribution < 1.29 is 14.7 Å². The molecule has 2 N–H and O–H groups in total. The largest absolute Gasteiger partial charge is 0.508 e. The van der Waals surface area contributed by atoms with Gasteiger partial charge in [-0.25, -0.2) is 0 Å². The lowest BCUT2D eigenvalue weighted by Gasteiger charge is -2.16. The van der Waals surface area contributed by atoms with Gasteiger partial charge in [0, 0.05) is 0 Å². The van der Waals surface area contributed by atoms with Crippen molar-refractivity contribution >= 4 is 57.8 Å². The van der Waals surface area contributed by atoms with E-state index in [4.69, 9.17) is 23.8 Å². The number of hydrogen-bond donors (Lipinski definition) is 2. The molecule has 0 radical (unpaired) electrons. The Morgan fingerprint density at radius 2 is 2.00 bits per heavy atom. The van der Waals surface area contributed by atoms with E-state index in [-0.39, 0.29) is 20.7 Å². The minimum absolute atomic E-state index is 0.0938. The lowest BCUT2D eigenvalue weighted by Crippen LogP contribution is -2.44. The van der Waals surface area contributed by atoms with E-state index in [0.29, 0.717) is 10.5 Å². The molecule has 8 heteroatoms. The fraction of sp³-hybridized carbons (Fsp3) is 0. The number of hydrogen-bond acceptors (Lipinski definition) is 5. The topological polar surface area (TPSA) is 69.6 Å². The fourth-order valence-corrected chi connectivity index (χ4v) is 3.54. The smallest absolute Gasteiger partial charge is 0.285 e. The Balaban J connectivity index is 1.80. The molecule has 3 rings (SSSR count). The zero-order valence-electron chi connectivity index (χ0n) is 12.6. The van der Waals surface area contributed by atoms with Crippen molar-refractivity contribution in [2.75, 3.05) is 0 Å². The summed E-state index contributed by atoms with van der Waals surface area (Å²) in [5, 5.41) is 10.8. The number of amides is 2. The van der Waals surface area contributed by atoms with Crippen molar-refractivity contribution in [3.63, 3.8) is 0 Å². The number of phenolic OH excluding ortho intramolecular Hbond substituents is 1. The first kappa shape index (κ1) is 17.5. The van der Waals surface area contributed by atoms with E-state index in [2.05, 4.69) is 5.43 Å². The summed E-state index contributed by atoms with van der Waals surface area (Å²) in [6.07, 6.45) is 1.60. The minimum atomic E-state index is -0.527. The number of rotatable bonds is 3. The lowest BCUT2D eigenvalue weighted by molar-refractivity contribution is -0.123. The zero-order chi connectivity index (χ0) is 18.0. The first-order valence-corrected chi connectivity index (χ1v) is 8.68. The molecule has 0 spiro atoms. The van der Waals surface area contributed by atoms with Crippen molar-refractivity contribution in [3.8, 4) is 5.75 Å². The number of carbonyl (C=O) groups is 2. The van der Waals surface area contributed by atoms with Crippen molar-refractivity contribution in [1.29, 1.82) is 0 Å². The van der Waals surface area contributed by atoms with Gasteiger partial charge in [0.2, 0.25) is 0 Å². The van der Waals surface area contributed by atoms with Crippen LogP contribution in [0, 0.1) is 0 Å². The quantitative estimate of drug-likeness (QED) is 0.619. The summed E-state index contributed by atoms with van der Waals surface area (Å²) in [4.78, 5) is 25.2. The summed E-state index contributed by atoms with van der Waals surface area (Å²) < 4.78 is 0.205. The molecule has 1 saturated heterocycles. The summed E-state index contributed by atoms with van der Waals surface area (Å²) in [5.41, 5.74) is 3.37. The van der Waals surface area contributed by atoms with Crippen LogP contribution in [-0.4, -0.2) is 26.3 Å². The highest BCUT2D eigenvalue weighted by Gasteiger charge is 2.34. The molecule has 0 aliphatic carbocycles. The maximum atomic E-state index is 12.5. The number of benzene rings is 2. The second-order valence-corrected chi connectivity index (χ2v) is 7.12. The van der Waals surface area contributed by atoms with Gasteiger partial charge in [0.05, 0.1) is 15.5 Å². The summed E-state index contributed by atoms with van der Waals surface area (Å²) in [5.74, 6) is -0.879. The number of thioether (sulfide) groups is 1. The van der Waals surface area contributed by atoms with Gasteiger partial charge in [-0.3, -0.25) is 15.0 Å². The summed E-state index contributed by atoms with van der Waals surface area (Å²) in [7, 11) is 0. The van der Waals surface area contributed by atoms with Crippen molar-refractivity contribution in [2.45, 2.75) is 0 Å². The average molecular weight is 391 g/mol. The van der Waals surface area contributed by atoms with Crippen LogP contribution < -0.4 is 5.43 Å². The number of halogens is 1. The van der Waals surface area contributed by atoms with Crippen LogP contribution in [0.25, 0.3) is 6.08 Å². The Bertz CT molecular complexity index is 914. The first-order valence-electron chi connectivity index (χ1n) is 7.08. The number of thiocarbonyl (C=S) groups is 1. The van der Waals surface area contributed by atoms with Crippen molar-refractivity contribution in [2.24, 2.45) is 0 Å².